The molecule has 0 atom stereocenters. The Hall–Kier alpha value is -0.810. The van der Waals surface area contributed by atoms with Crippen molar-refractivity contribution in [2.24, 2.45) is 0 Å². The number of hydroxylamine groups is 2. The maximum absolute atomic E-state index is 12.2. The minimum Gasteiger partial charge on any atom is -0.446 e. The van der Waals surface area contributed by atoms with Crippen LogP contribution in [0.25, 0.3) is 0 Å². The van der Waals surface area contributed by atoms with Gasteiger partial charge >= 0.3 is 6.09 Å². The molecule has 0 aromatic rings. The number of hydrogen-bond acceptors (Lipinski definition) is 3. The van der Waals surface area contributed by atoms with Crippen LogP contribution in [0.5, 0.6) is 0 Å². The van der Waals surface area contributed by atoms with Gasteiger partial charge in [-0.05, 0) is 34.1 Å². The Labute approximate surface area is 116 Å². The Balaban J connectivity index is 2.53. The van der Waals surface area contributed by atoms with Crippen molar-refractivity contribution in [3.63, 3.8) is 0 Å². The zero-order chi connectivity index (χ0) is 14.7. The van der Waals surface area contributed by atoms with E-state index in [0.29, 0.717) is 19.4 Å². The van der Waals surface area contributed by atoms with Crippen LogP contribution in [0.1, 0.15) is 60.3 Å². The molecule has 0 aliphatic carbocycles. The molecular weight excluding hydrogens is 244 g/mol. The fraction of sp³-hybridized carbons (Fsp3) is 0.929. The summed E-state index contributed by atoms with van der Waals surface area (Å²) in [5.74, 6) is 0. The lowest BCUT2D eigenvalue weighted by molar-refractivity contribution is -0.298. The van der Waals surface area contributed by atoms with E-state index in [1.165, 1.54) is 0 Å². The number of rotatable bonds is 4. The zero-order valence-electron chi connectivity index (χ0n) is 12.8. The van der Waals surface area contributed by atoms with Gasteiger partial charge in [0.1, 0.15) is 6.10 Å². The summed E-state index contributed by atoms with van der Waals surface area (Å²) in [6.45, 7) is 10.3. The Morgan fingerprint density at radius 2 is 1.79 bits per heavy atom. The van der Waals surface area contributed by atoms with Crippen molar-refractivity contribution in [1.82, 2.24) is 10.4 Å². The molecule has 1 radical (unpaired) electrons. The molecule has 19 heavy (non-hydrogen) atoms. The molecule has 5 nitrogen and oxygen atoms in total. The van der Waals surface area contributed by atoms with Crippen LogP contribution in [0.2, 0.25) is 0 Å². The van der Waals surface area contributed by atoms with Crippen LogP contribution in [-0.2, 0) is 9.94 Å². The second-order valence-electron chi connectivity index (χ2n) is 6.64. The predicted molar refractivity (Wildman–Crippen MR) is 73.1 cm³/mol. The van der Waals surface area contributed by atoms with Crippen molar-refractivity contribution in [2.75, 3.05) is 6.54 Å². The summed E-state index contributed by atoms with van der Waals surface area (Å²) in [5.41, 5.74) is -1.01. The lowest BCUT2D eigenvalue weighted by atomic mass is 9.80. The lowest BCUT2D eigenvalue weighted by Crippen LogP contribution is -2.60. The van der Waals surface area contributed by atoms with Crippen LogP contribution in [0, 0.1) is 0 Å². The molecule has 0 aromatic heterocycles. The maximum atomic E-state index is 12.2. The molecular formula is C14H27N2O3. The van der Waals surface area contributed by atoms with Crippen LogP contribution < -0.4 is 5.32 Å². The second kappa shape index (κ2) is 6.09. The smallest absolute Gasteiger partial charge is 0.407 e. The van der Waals surface area contributed by atoms with Gasteiger partial charge in [-0.1, -0.05) is 13.3 Å². The average Bonchev–Trinajstić information content (AvgIpc) is 2.25. The molecule has 1 amide bonds. The van der Waals surface area contributed by atoms with Crippen molar-refractivity contribution < 1.29 is 14.7 Å². The molecule has 0 spiro atoms. The van der Waals surface area contributed by atoms with E-state index in [1.807, 2.05) is 27.7 Å². The first-order valence-electron chi connectivity index (χ1n) is 7.11. The monoisotopic (exact) mass is 271 g/mol. The first kappa shape index (κ1) is 16.2. The van der Waals surface area contributed by atoms with E-state index in [9.17, 15) is 10.0 Å². The van der Waals surface area contributed by atoms with Crippen LogP contribution >= 0.6 is 0 Å². The van der Waals surface area contributed by atoms with Gasteiger partial charge in [0, 0.05) is 30.5 Å². The van der Waals surface area contributed by atoms with Crippen molar-refractivity contribution >= 4 is 6.09 Å². The van der Waals surface area contributed by atoms with E-state index in [2.05, 4.69) is 12.2 Å². The number of alkyl carbamates (subject to hydrolysis) is 1. The first-order chi connectivity index (χ1) is 8.69. The number of hydrogen-bond donors (Lipinski definition) is 1. The summed E-state index contributed by atoms with van der Waals surface area (Å²) >= 11 is 0. The molecule has 1 heterocycles. The highest BCUT2D eigenvalue weighted by Gasteiger charge is 2.47. The van der Waals surface area contributed by atoms with E-state index in [1.54, 1.807) is 0 Å². The molecule has 0 bridgehead atoms. The lowest BCUT2D eigenvalue weighted by Gasteiger charge is -2.49. The molecule has 0 saturated carbocycles. The number of amides is 1. The Morgan fingerprint density at radius 1 is 1.26 bits per heavy atom. The highest BCUT2D eigenvalue weighted by molar-refractivity contribution is 5.67. The van der Waals surface area contributed by atoms with E-state index in [4.69, 9.17) is 4.74 Å². The van der Waals surface area contributed by atoms with Gasteiger partial charge < -0.3 is 10.1 Å². The minimum atomic E-state index is -0.504. The Bertz CT molecular complexity index is 298. The molecule has 1 aliphatic rings. The van der Waals surface area contributed by atoms with Gasteiger partial charge in [-0.2, -0.15) is 0 Å². The van der Waals surface area contributed by atoms with Gasteiger partial charge in [-0.3, -0.25) is 0 Å². The van der Waals surface area contributed by atoms with Crippen molar-refractivity contribution in [1.29, 1.82) is 0 Å². The highest BCUT2D eigenvalue weighted by atomic mass is 16.6. The van der Waals surface area contributed by atoms with E-state index in [0.717, 1.165) is 17.9 Å². The minimum absolute atomic E-state index is 0.197. The summed E-state index contributed by atoms with van der Waals surface area (Å²) in [5, 5.41) is 16.0. The molecule has 1 saturated heterocycles. The van der Waals surface area contributed by atoms with Gasteiger partial charge in [0.25, 0.3) is 0 Å². The van der Waals surface area contributed by atoms with E-state index < -0.39 is 11.1 Å². The van der Waals surface area contributed by atoms with Crippen molar-refractivity contribution in [3.8, 4) is 0 Å². The molecule has 1 rings (SSSR count). The summed E-state index contributed by atoms with van der Waals surface area (Å²) in [4.78, 5) is 11.7. The topological polar surface area (TPSA) is 61.5 Å². The number of unbranched alkanes of at least 4 members (excludes halogenated alkanes) is 1. The highest BCUT2D eigenvalue weighted by Crippen LogP contribution is 2.38. The predicted octanol–water partition coefficient (Wildman–Crippen LogP) is 2.88. The van der Waals surface area contributed by atoms with Crippen LogP contribution in [0.3, 0.4) is 0 Å². The van der Waals surface area contributed by atoms with Crippen LogP contribution in [0.15, 0.2) is 0 Å². The Morgan fingerprint density at radius 3 is 2.26 bits per heavy atom. The number of carbonyl (C=O) groups is 1. The third-order valence-corrected chi connectivity index (χ3v) is 3.63. The van der Waals surface area contributed by atoms with Gasteiger partial charge in [0.05, 0.1) is 0 Å². The normalized spacial score (nSPS) is 23.1. The average molecular weight is 271 g/mol. The number of nitrogens with zero attached hydrogens (tertiary/aromatic N) is 1. The molecule has 1 N–H and O–H groups in total. The second-order valence-corrected chi connectivity index (χ2v) is 6.64. The zero-order valence-corrected chi connectivity index (χ0v) is 12.8. The quantitative estimate of drug-likeness (QED) is 0.800. The number of ether oxygens (including phenoxy) is 1. The van der Waals surface area contributed by atoms with Crippen molar-refractivity contribution in [3.05, 3.63) is 0 Å². The summed E-state index contributed by atoms with van der Waals surface area (Å²) in [7, 11) is 0. The van der Waals surface area contributed by atoms with E-state index >= 15 is 0 Å². The molecule has 1 fully saturated rings. The number of carbonyl (C=O) groups excluding carboxylic acids is 1. The van der Waals surface area contributed by atoms with Crippen LogP contribution in [-0.4, -0.2) is 34.9 Å². The van der Waals surface area contributed by atoms with E-state index in [-0.39, 0.29) is 12.2 Å². The largest absolute Gasteiger partial charge is 0.446 e. The number of piperidine rings is 1. The van der Waals surface area contributed by atoms with Gasteiger partial charge in [0.15, 0.2) is 0 Å². The van der Waals surface area contributed by atoms with Crippen LogP contribution in [0.4, 0.5) is 4.79 Å². The standard InChI is InChI=1S/C14H27N2O3/c1-6-7-8-15-12(17)19-11-9-13(2,3)16(18)14(4,5)10-11/h11H,6-10H2,1-5H3,(H,15,17). The fourth-order valence-electron chi connectivity index (χ4n) is 2.82. The fourth-order valence-corrected chi connectivity index (χ4v) is 2.82. The van der Waals surface area contributed by atoms with Crippen molar-refractivity contribution in [2.45, 2.75) is 77.5 Å². The first-order valence-corrected chi connectivity index (χ1v) is 7.11. The maximum Gasteiger partial charge on any atom is 0.407 e. The molecule has 1 aliphatic heterocycles. The van der Waals surface area contributed by atoms with Gasteiger partial charge in [0.2, 0.25) is 0 Å². The summed E-state index contributed by atoms with van der Waals surface area (Å²) in [6.07, 6.45) is 2.56. The molecule has 0 aromatic carbocycles. The Kier molecular flexibility index (Phi) is 5.21. The SMILES string of the molecule is CCCCNC(=O)OC1CC(C)(C)N([O])C(C)(C)C1. The molecule has 111 valence electrons. The summed E-state index contributed by atoms with van der Waals surface area (Å²) in [6, 6.07) is 0. The van der Waals surface area contributed by atoms with Gasteiger partial charge in [-0.25, -0.2) is 4.79 Å². The third-order valence-electron chi connectivity index (χ3n) is 3.63. The number of nitrogens with one attached hydrogen (secondary N) is 1. The summed E-state index contributed by atoms with van der Waals surface area (Å²) < 4.78 is 5.44. The molecule has 5 heteroatoms. The van der Waals surface area contributed by atoms with Gasteiger partial charge in [-0.15, -0.1) is 10.3 Å². The third kappa shape index (κ3) is 4.35. The molecule has 0 unspecified atom stereocenters.